The van der Waals surface area contributed by atoms with Gasteiger partial charge in [0.25, 0.3) is 0 Å². The van der Waals surface area contributed by atoms with Gasteiger partial charge in [0.1, 0.15) is 0 Å². The highest BCUT2D eigenvalue weighted by Gasteiger charge is 2.32. The van der Waals surface area contributed by atoms with Crippen LogP contribution in [0, 0.1) is 0 Å². The highest BCUT2D eigenvalue weighted by molar-refractivity contribution is 6.40. The molecule has 0 spiro atoms. The average Bonchev–Trinajstić information content (AvgIpc) is 2.93. The van der Waals surface area contributed by atoms with E-state index in [1.165, 1.54) is 16.9 Å². The van der Waals surface area contributed by atoms with Crippen LogP contribution in [-0.2, 0) is 15.1 Å². The Morgan fingerprint density at radius 3 is 2.43 bits per heavy atom. The van der Waals surface area contributed by atoms with Crippen LogP contribution in [0.5, 0.6) is 0 Å². The number of nitrogens with zero attached hydrogens (tertiary/aromatic N) is 2. The Balaban J connectivity index is 1.81. The first-order valence-electron chi connectivity index (χ1n) is 7.44. The van der Waals surface area contributed by atoms with Crippen LogP contribution < -0.4 is 10.2 Å². The normalized spacial score (nSPS) is 26.6. The van der Waals surface area contributed by atoms with Gasteiger partial charge in [-0.1, -0.05) is 12.1 Å². The first kappa shape index (κ1) is 14.1. The molecule has 1 aromatic rings. The van der Waals surface area contributed by atoms with E-state index in [2.05, 4.69) is 24.4 Å². The van der Waals surface area contributed by atoms with E-state index in [0.717, 1.165) is 18.7 Å². The third kappa shape index (κ3) is 2.42. The van der Waals surface area contributed by atoms with Gasteiger partial charge in [-0.3, -0.25) is 9.59 Å². The maximum atomic E-state index is 12.1. The molecule has 5 heteroatoms. The summed E-state index contributed by atoms with van der Waals surface area (Å²) in [4.78, 5) is 26.9. The molecule has 0 aliphatic carbocycles. The Hall–Kier alpha value is -1.88. The first-order valence-corrected chi connectivity index (χ1v) is 7.44. The van der Waals surface area contributed by atoms with Crippen molar-refractivity contribution in [2.45, 2.75) is 25.3 Å². The van der Waals surface area contributed by atoms with Gasteiger partial charge < -0.3 is 15.1 Å². The molecule has 1 atom stereocenters. The lowest BCUT2D eigenvalue weighted by Crippen LogP contribution is -2.53. The molecular weight excluding hydrogens is 266 g/mol. The molecule has 1 N–H and O–H groups in total. The quantitative estimate of drug-likeness (QED) is 0.829. The van der Waals surface area contributed by atoms with Crippen molar-refractivity contribution in [2.24, 2.45) is 0 Å². The molecule has 0 bridgehead atoms. The minimum absolute atomic E-state index is 0.0282. The number of rotatable bonds is 2. The van der Waals surface area contributed by atoms with Gasteiger partial charge in [-0.25, -0.2) is 0 Å². The van der Waals surface area contributed by atoms with Crippen molar-refractivity contribution in [3.63, 3.8) is 0 Å². The topological polar surface area (TPSA) is 52.6 Å². The maximum Gasteiger partial charge on any atom is 0.316 e. The molecule has 2 aliphatic heterocycles. The lowest BCUT2D eigenvalue weighted by molar-refractivity contribution is -0.145. The molecule has 21 heavy (non-hydrogen) atoms. The largest absolute Gasteiger partial charge is 0.336 e. The van der Waals surface area contributed by atoms with Crippen LogP contribution in [-0.4, -0.2) is 43.4 Å². The second-order valence-corrected chi connectivity index (χ2v) is 6.09. The molecule has 2 aliphatic rings. The minimum atomic E-state index is -0.443. The molecule has 1 unspecified atom stereocenters. The highest BCUT2D eigenvalue weighted by atomic mass is 16.2. The number of likely N-dealkylation sites (N-methyl/N-ethyl adjacent to an activating group) is 1. The summed E-state index contributed by atoms with van der Waals surface area (Å²) in [6, 6.07) is 8.00. The SMILES string of the molecule is CN1CCN(c2ccc(C3(C)CCCN3)cc2)C(=O)C1=O. The van der Waals surface area contributed by atoms with E-state index in [1.807, 2.05) is 12.1 Å². The molecule has 2 fully saturated rings. The monoisotopic (exact) mass is 287 g/mol. The Labute approximate surface area is 124 Å². The van der Waals surface area contributed by atoms with E-state index in [4.69, 9.17) is 0 Å². The van der Waals surface area contributed by atoms with Crippen molar-refractivity contribution in [3.05, 3.63) is 29.8 Å². The molecule has 2 heterocycles. The maximum absolute atomic E-state index is 12.1. The Bertz CT molecular complexity index is 561. The van der Waals surface area contributed by atoms with E-state index in [0.29, 0.717) is 13.1 Å². The van der Waals surface area contributed by atoms with Gasteiger partial charge in [0.2, 0.25) is 0 Å². The number of hydrogen-bond acceptors (Lipinski definition) is 3. The molecular formula is C16H21N3O2. The number of hydrogen-bond donors (Lipinski definition) is 1. The summed E-state index contributed by atoms with van der Waals surface area (Å²) in [5, 5.41) is 3.53. The number of benzene rings is 1. The van der Waals surface area contributed by atoms with Crippen LogP contribution in [0.3, 0.4) is 0 Å². The van der Waals surface area contributed by atoms with Gasteiger partial charge in [-0.05, 0) is 44.0 Å². The number of piperazine rings is 1. The van der Waals surface area contributed by atoms with E-state index >= 15 is 0 Å². The standard InChI is InChI=1S/C16H21N3O2/c1-16(8-3-9-17-16)12-4-6-13(7-5-12)19-11-10-18(2)14(20)15(19)21/h4-7,17H,3,8-11H2,1-2H3. The van der Waals surface area contributed by atoms with Crippen LogP contribution >= 0.6 is 0 Å². The van der Waals surface area contributed by atoms with Crippen LogP contribution in [0.15, 0.2) is 24.3 Å². The molecule has 112 valence electrons. The highest BCUT2D eigenvalue weighted by Crippen LogP contribution is 2.31. The van der Waals surface area contributed by atoms with Crippen LogP contribution in [0.1, 0.15) is 25.3 Å². The number of carbonyl (C=O) groups excluding carboxylic acids is 2. The predicted molar refractivity (Wildman–Crippen MR) is 81.0 cm³/mol. The van der Waals surface area contributed by atoms with Gasteiger partial charge in [0, 0.05) is 31.4 Å². The van der Waals surface area contributed by atoms with Crippen molar-refractivity contribution in [3.8, 4) is 0 Å². The van der Waals surface area contributed by atoms with Crippen molar-refractivity contribution in [1.82, 2.24) is 10.2 Å². The summed E-state index contributed by atoms with van der Waals surface area (Å²) >= 11 is 0. The molecule has 1 aromatic carbocycles. The Kier molecular flexibility index (Phi) is 3.45. The zero-order valence-electron chi connectivity index (χ0n) is 12.6. The Morgan fingerprint density at radius 1 is 1.10 bits per heavy atom. The summed E-state index contributed by atoms with van der Waals surface area (Å²) in [7, 11) is 1.66. The summed E-state index contributed by atoms with van der Waals surface area (Å²) in [6.07, 6.45) is 2.31. The van der Waals surface area contributed by atoms with Crippen molar-refractivity contribution in [1.29, 1.82) is 0 Å². The minimum Gasteiger partial charge on any atom is -0.336 e. The summed E-state index contributed by atoms with van der Waals surface area (Å²) < 4.78 is 0. The fraction of sp³-hybridized carbons (Fsp3) is 0.500. The zero-order chi connectivity index (χ0) is 15.0. The lowest BCUT2D eigenvalue weighted by atomic mass is 9.90. The van der Waals surface area contributed by atoms with Gasteiger partial charge >= 0.3 is 11.8 Å². The fourth-order valence-corrected chi connectivity index (χ4v) is 3.13. The average molecular weight is 287 g/mol. The van der Waals surface area contributed by atoms with Crippen molar-refractivity contribution < 1.29 is 9.59 Å². The number of amides is 2. The van der Waals surface area contributed by atoms with Gasteiger partial charge in [0.05, 0.1) is 0 Å². The van der Waals surface area contributed by atoms with Crippen LogP contribution in [0.25, 0.3) is 0 Å². The van der Waals surface area contributed by atoms with Gasteiger partial charge in [-0.15, -0.1) is 0 Å². The number of nitrogens with one attached hydrogen (secondary N) is 1. The van der Waals surface area contributed by atoms with E-state index in [9.17, 15) is 9.59 Å². The third-order valence-electron chi connectivity index (χ3n) is 4.62. The summed E-state index contributed by atoms with van der Waals surface area (Å²) in [5.74, 6) is -0.878. The molecule has 2 saturated heterocycles. The molecule has 5 nitrogen and oxygen atoms in total. The fourth-order valence-electron chi connectivity index (χ4n) is 3.13. The Morgan fingerprint density at radius 2 is 1.81 bits per heavy atom. The van der Waals surface area contributed by atoms with Gasteiger partial charge in [0.15, 0.2) is 0 Å². The van der Waals surface area contributed by atoms with Gasteiger partial charge in [-0.2, -0.15) is 0 Å². The second kappa shape index (κ2) is 5.15. The predicted octanol–water partition coefficient (Wildman–Crippen LogP) is 1.09. The molecule has 2 amide bonds. The van der Waals surface area contributed by atoms with Crippen molar-refractivity contribution >= 4 is 17.5 Å². The van der Waals surface area contributed by atoms with E-state index in [-0.39, 0.29) is 5.54 Å². The number of anilines is 1. The van der Waals surface area contributed by atoms with E-state index < -0.39 is 11.8 Å². The van der Waals surface area contributed by atoms with Crippen molar-refractivity contribution in [2.75, 3.05) is 31.6 Å². The smallest absolute Gasteiger partial charge is 0.316 e. The third-order valence-corrected chi connectivity index (χ3v) is 4.62. The molecule has 0 radical (unpaired) electrons. The molecule has 0 aromatic heterocycles. The first-order chi connectivity index (χ1) is 10.0. The summed E-state index contributed by atoms with van der Waals surface area (Å²) in [6.45, 7) is 4.38. The van der Waals surface area contributed by atoms with Crippen LogP contribution in [0.2, 0.25) is 0 Å². The summed E-state index contributed by atoms with van der Waals surface area (Å²) in [5.41, 5.74) is 2.06. The molecule has 0 saturated carbocycles. The molecule has 3 rings (SSSR count). The van der Waals surface area contributed by atoms with E-state index in [1.54, 1.807) is 11.9 Å². The lowest BCUT2D eigenvalue weighted by Gasteiger charge is -2.32. The number of carbonyl (C=O) groups is 2. The second-order valence-electron chi connectivity index (χ2n) is 6.09. The van der Waals surface area contributed by atoms with Crippen LogP contribution in [0.4, 0.5) is 5.69 Å². The zero-order valence-corrected chi connectivity index (χ0v) is 12.6.